The van der Waals surface area contributed by atoms with E-state index >= 15 is 0 Å². The van der Waals surface area contributed by atoms with Gasteiger partial charge in [0, 0.05) is 11.4 Å². The van der Waals surface area contributed by atoms with Crippen LogP contribution in [0.3, 0.4) is 0 Å². The van der Waals surface area contributed by atoms with Crippen molar-refractivity contribution in [2.75, 3.05) is 19.5 Å². The maximum Gasteiger partial charge on any atom is 0.237 e. The number of halogens is 1. The number of methoxy groups -OCH3 is 2. The summed E-state index contributed by atoms with van der Waals surface area (Å²) < 4.78 is 11.2. The molecule has 2 rings (SSSR count). The Balaban J connectivity index is 1.87. The van der Waals surface area contributed by atoms with Crippen molar-refractivity contribution >= 4 is 39.3 Å². The number of thioether (sulfide) groups is 1. The summed E-state index contributed by atoms with van der Waals surface area (Å²) >= 11 is 5.06. The third kappa shape index (κ3) is 5.18. The number of carbonyl (C=O) groups excluding carboxylic acids is 1. The van der Waals surface area contributed by atoms with E-state index in [1.54, 1.807) is 26.0 Å². The summed E-state index contributed by atoms with van der Waals surface area (Å²) in [5.74, 6) is 2.30. The highest BCUT2D eigenvalue weighted by Gasteiger charge is 2.14. The number of carbonyl (C=O) groups is 1. The molecule has 0 radical (unpaired) electrons. The predicted molar refractivity (Wildman–Crippen MR) is 103 cm³/mol. The van der Waals surface area contributed by atoms with Gasteiger partial charge in [0.15, 0.2) is 0 Å². The maximum absolute atomic E-state index is 12.3. The Hall–Kier alpha value is -1.66. The minimum Gasteiger partial charge on any atom is -0.497 e. The number of ether oxygens (including phenoxy) is 2. The SMILES string of the molecule is COc1ccc(NC(=O)C(C)SCc2ccc(OC)c(Br)c2)cc1. The van der Waals surface area contributed by atoms with Crippen molar-refractivity contribution in [2.45, 2.75) is 17.9 Å². The lowest BCUT2D eigenvalue weighted by Crippen LogP contribution is -2.22. The molecule has 2 aromatic carbocycles. The molecule has 1 amide bonds. The third-order valence-electron chi connectivity index (χ3n) is 3.44. The van der Waals surface area contributed by atoms with Gasteiger partial charge in [0.05, 0.1) is 23.9 Å². The second-order valence-electron chi connectivity index (χ2n) is 5.14. The standard InChI is InChI=1S/C18H20BrNO3S/c1-12(18(21)20-14-5-7-15(22-2)8-6-14)24-11-13-4-9-17(23-3)16(19)10-13/h4-10,12H,11H2,1-3H3,(H,20,21). The maximum atomic E-state index is 12.3. The van der Waals surface area contributed by atoms with E-state index in [0.717, 1.165) is 33.0 Å². The Labute approximate surface area is 155 Å². The van der Waals surface area contributed by atoms with Crippen LogP contribution in [0.1, 0.15) is 12.5 Å². The number of benzene rings is 2. The summed E-state index contributed by atoms with van der Waals surface area (Å²) in [6.45, 7) is 1.90. The molecule has 2 aromatic rings. The molecule has 6 heteroatoms. The van der Waals surface area contributed by atoms with Crippen molar-refractivity contribution in [3.05, 3.63) is 52.5 Å². The topological polar surface area (TPSA) is 47.6 Å². The van der Waals surface area contributed by atoms with E-state index in [-0.39, 0.29) is 11.2 Å². The van der Waals surface area contributed by atoms with Gasteiger partial charge in [-0.15, -0.1) is 11.8 Å². The van der Waals surface area contributed by atoms with E-state index in [0.29, 0.717) is 0 Å². The quantitative estimate of drug-likeness (QED) is 0.717. The zero-order valence-corrected chi connectivity index (χ0v) is 16.2. The Kier molecular flexibility index (Phi) is 6.99. The van der Waals surface area contributed by atoms with Crippen molar-refractivity contribution in [1.29, 1.82) is 0 Å². The van der Waals surface area contributed by atoms with E-state index in [9.17, 15) is 4.79 Å². The van der Waals surface area contributed by atoms with Gasteiger partial charge >= 0.3 is 0 Å². The lowest BCUT2D eigenvalue weighted by Gasteiger charge is -2.13. The number of hydrogen-bond acceptors (Lipinski definition) is 4. The first-order valence-corrected chi connectivity index (χ1v) is 9.26. The summed E-state index contributed by atoms with van der Waals surface area (Å²) in [5, 5.41) is 2.76. The third-order valence-corrected chi connectivity index (χ3v) is 5.28. The van der Waals surface area contributed by atoms with Crippen molar-refractivity contribution in [3.8, 4) is 11.5 Å². The number of hydrogen-bond donors (Lipinski definition) is 1. The van der Waals surface area contributed by atoms with Gasteiger partial charge in [-0.3, -0.25) is 4.79 Å². The smallest absolute Gasteiger partial charge is 0.237 e. The van der Waals surface area contributed by atoms with Crippen LogP contribution >= 0.6 is 27.7 Å². The first-order chi connectivity index (χ1) is 11.5. The van der Waals surface area contributed by atoms with Crippen LogP contribution in [-0.4, -0.2) is 25.4 Å². The van der Waals surface area contributed by atoms with Crippen LogP contribution in [0.4, 0.5) is 5.69 Å². The first kappa shape index (κ1) is 18.7. The van der Waals surface area contributed by atoms with Gasteiger partial charge < -0.3 is 14.8 Å². The molecule has 0 spiro atoms. The number of amides is 1. The first-order valence-electron chi connectivity index (χ1n) is 7.42. The van der Waals surface area contributed by atoms with Crippen LogP contribution in [0.25, 0.3) is 0 Å². The Morgan fingerprint density at radius 2 is 1.88 bits per heavy atom. The molecule has 0 bridgehead atoms. The molecule has 0 saturated carbocycles. The zero-order chi connectivity index (χ0) is 17.5. The number of rotatable bonds is 7. The number of nitrogens with one attached hydrogen (secondary N) is 1. The Morgan fingerprint density at radius 1 is 1.17 bits per heavy atom. The molecular formula is C18H20BrNO3S. The summed E-state index contributed by atoms with van der Waals surface area (Å²) in [6.07, 6.45) is 0. The Morgan fingerprint density at radius 3 is 2.46 bits per heavy atom. The van der Waals surface area contributed by atoms with Gasteiger partial charge in [-0.2, -0.15) is 0 Å². The summed E-state index contributed by atoms with van der Waals surface area (Å²) in [7, 11) is 3.25. The van der Waals surface area contributed by atoms with Crippen molar-refractivity contribution < 1.29 is 14.3 Å². The molecule has 1 atom stereocenters. The molecule has 1 unspecified atom stereocenters. The van der Waals surface area contributed by atoms with E-state index in [2.05, 4.69) is 21.2 Å². The highest BCUT2D eigenvalue weighted by atomic mass is 79.9. The molecule has 1 N–H and O–H groups in total. The zero-order valence-electron chi connectivity index (χ0n) is 13.8. The summed E-state index contributed by atoms with van der Waals surface area (Å²) in [6, 6.07) is 13.2. The second kappa shape index (κ2) is 8.99. The van der Waals surface area contributed by atoms with Crippen molar-refractivity contribution in [2.24, 2.45) is 0 Å². The fourth-order valence-corrected chi connectivity index (χ4v) is 3.44. The van der Waals surface area contributed by atoms with Crippen LogP contribution in [0, 0.1) is 0 Å². The fourth-order valence-electron chi connectivity index (χ4n) is 2.01. The number of anilines is 1. The van der Waals surface area contributed by atoms with Gasteiger partial charge in [-0.1, -0.05) is 6.07 Å². The normalized spacial score (nSPS) is 11.7. The molecular weight excluding hydrogens is 390 g/mol. The molecule has 0 saturated heterocycles. The molecule has 0 aliphatic rings. The minimum absolute atomic E-state index is 0.0160. The highest BCUT2D eigenvalue weighted by molar-refractivity contribution is 9.10. The second-order valence-corrected chi connectivity index (χ2v) is 7.32. The molecule has 0 aliphatic heterocycles. The molecule has 4 nitrogen and oxygen atoms in total. The Bertz CT molecular complexity index is 691. The lowest BCUT2D eigenvalue weighted by atomic mass is 10.2. The molecule has 24 heavy (non-hydrogen) atoms. The van der Waals surface area contributed by atoms with Gasteiger partial charge in [-0.25, -0.2) is 0 Å². The molecule has 128 valence electrons. The summed E-state index contributed by atoms with van der Waals surface area (Å²) in [4.78, 5) is 12.3. The van der Waals surface area contributed by atoms with Crippen LogP contribution in [0.15, 0.2) is 46.9 Å². The molecule has 0 heterocycles. The average Bonchev–Trinajstić information content (AvgIpc) is 2.60. The van der Waals surface area contributed by atoms with Crippen LogP contribution in [0.5, 0.6) is 11.5 Å². The summed E-state index contributed by atoms with van der Waals surface area (Å²) in [5.41, 5.74) is 1.90. The lowest BCUT2D eigenvalue weighted by molar-refractivity contribution is -0.115. The van der Waals surface area contributed by atoms with Gasteiger partial charge in [-0.05, 0) is 64.8 Å². The van der Waals surface area contributed by atoms with Gasteiger partial charge in [0.1, 0.15) is 11.5 Å². The highest BCUT2D eigenvalue weighted by Crippen LogP contribution is 2.28. The van der Waals surface area contributed by atoms with Gasteiger partial charge in [0.25, 0.3) is 0 Å². The predicted octanol–water partition coefficient (Wildman–Crippen LogP) is 4.73. The largest absolute Gasteiger partial charge is 0.497 e. The van der Waals surface area contributed by atoms with E-state index in [4.69, 9.17) is 9.47 Å². The molecule has 0 fully saturated rings. The van der Waals surface area contributed by atoms with Crippen LogP contribution < -0.4 is 14.8 Å². The minimum atomic E-state index is -0.159. The fraction of sp³-hybridized carbons (Fsp3) is 0.278. The average molecular weight is 410 g/mol. The van der Waals surface area contributed by atoms with Crippen molar-refractivity contribution in [3.63, 3.8) is 0 Å². The van der Waals surface area contributed by atoms with Crippen LogP contribution in [0.2, 0.25) is 0 Å². The molecule has 0 aliphatic carbocycles. The van der Waals surface area contributed by atoms with E-state index < -0.39 is 0 Å². The van der Waals surface area contributed by atoms with E-state index in [1.165, 1.54) is 0 Å². The van der Waals surface area contributed by atoms with E-state index in [1.807, 2.05) is 49.4 Å². The molecule has 0 aromatic heterocycles. The van der Waals surface area contributed by atoms with Crippen LogP contribution in [-0.2, 0) is 10.5 Å². The van der Waals surface area contributed by atoms with Gasteiger partial charge in [0.2, 0.25) is 5.91 Å². The van der Waals surface area contributed by atoms with Crippen molar-refractivity contribution in [1.82, 2.24) is 0 Å². The monoisotopic (exact) mass is 409 g/mol.